The molecule has 0 aromatic heterocycles. The molecule has 2 aliphatic carbocycles. The quantitative estimate of drug-likeness (QED) is 0.750. The standard InChI is InChI=1S/C24H24N2O3/c1-28-20-11-5-8-16(9-6-12-20)22-23-21(14-18(15-25-22)24(27)29-2)17-7-3-4-10-19(13-17)26-23/h3-5,7-10,12-14,19,26H,6,11,15H2,1-2H3/b8-5?,16-9?,20-12+. The summed E-state index contributed by atoms with van der Waals surface area (Å²) >= 11 is 0. The predicted octanol–water partition coefficient (Wildman–Crippen LogP) is 3.63. The smallest absolute Gasteiger partial charge is 0.335 e. The molecule has 0 radical (unpaired) electrons. The number of nitrogens with zero attached hydrogens (tertiary/aromatic N) is 1. The average Bonchev–Trinajstić information content (AvgIpc) is 3.03. The molecule has 0 fully saturated rings. The van der Waals surface area contributed by atoms with Gasteiger partial charge in [0, 0.05) is 12.0 Å². The van der Waals surface area contributed by atoms with Crippen molar-refractivity contribution in [3.8, 4) is 0 Å². The lowest BCUT2D eigenvalue weighted by Gasteiger charge is -2.26. The Bertz CT molecular complexity index is 997. The van der Waals surface area contributed by atoms with Crippen molar-refractivity contribution >= 4 is 11.7 Å². The molecule has 148 valence electrons. The van der Waals surface area contributed by atoms with Gasteiger partial charge in [0.05, 0.1) is 49.5 Å². The van der Waals surface area contributed by atoms with E-state index >= 15 is 0 Å². The number of esters is 1. The summed E-state index contributed by atoms with van der Waals surface area (Å²) in [4.78, 5) is 17.1. The van der Waals surface area contributed by atoms with Crippen molar-refractivity contribution in [1.29, 1.82) is 0 Å². The second kappa shape index (κ2) is 8.35. The summed E-state index contributed by atoms with van der Waals surface area (Å²) in [5, 5.41) is 3.58. The molecule has 0 aromatic rings. The maximum atomic E-state index is 12.3. The van der Waals surface area contributed by atoms with Gasteiger partial charge in [0.25, 0.3) is 0 Å². The fourth-order valence-electron chi connectivity index (χ4n) is 3.72. The summed E-state index contributed by atoms with van der Waals surface area (Å²) in [5.74, 6) is 0.603. The molecular formula is C24H24N2O3. The van der Waals surface area contributed by atoms with Gasteiger partial charge in [0.1, 0.15) is 0 Å². The van der Waals surface area contributed by atoms with Gasteiger partial charge >= 0.3 is 5.97 Å². The SMILES string of the molecule is COC(=O)C1=CC2=C(NC3C=CC=CC2=C3)C(C2=CC/C=C(/OC)CC=C2)=NC1. The largest absolute Gasteiger partial charge is 0.501 e. The Labute approximate surface area is 170 Å². The van der Waals surface area contributed by atoms with Crippen LogP contribution < -0.4 is 5.32 Å². The topological polar surface area (TPSA) is 59.9 Å². The van der Waals surface area contributed by atoms with E-state index in [1.165, 1.54) is 7.11 Å². The highest BCUT2D eigenvalue weighted by atomic mass is 16.5. The van der Waals surface area contributed by atoms with Crippen molar-refractivity contribution < 1.29 is 14.3 Å². The van der Waals surface area contributed by atoms with Crippen LogP contribution in [0.25, 0.3) is 0 Å². The number of hydrogen-bond donors (Lipinski definition) is 1. The molecule has 5 nitrogen and oxygen atoms in total. The molecule has 4 rings (SSSR count). The van der Waals surface area contributed by atoms with Gasteiger partial charge in [0.2, 0.25) is 0 Å². The predicted molar refractivity (Wildman–Crippen MR) is 114 cm³/mol. The zero-order chi connectivity index (χ0) is 20.2. The maximum absolute atomic E-state index is 12.3. The number of aliphatic imine (C=N–C) groups is 1. The molecule has 0 spiro atoms. The normalized spacial score (nSPS) is 24.8. The summed E-state index contributed by atoms with van der Waals surface area (Å²) in [6.45, 7) is 0.276. The van der Waals surface area contributed by atoms with Gasteiger partial charge in [-0.25, -0.2) is 4.79 Å². The molecule has 2 heterocycles. The van der Waals surface area contributed by atoms with Gasteiger partial charge in [-0.2, -0.15) is 0 Å². The minimum Gasteiger partial charge on any atom is -0.501 e. The molecule has 0 saturated heterocycles. The van der Waals surface area contributed by atoms with Crippen LogP contribution in [0, 0.1) is 0 Å². The van der Waals surface area contributed by atoms with E-state index < -0.39 is 0 Å². The van der Waals surface area contributed by atoms with Crippen LogP contribution in [0.2, 0.25) is 0 Å². The number of nitrogens with one attached hydrogen (secondary N) is 1. The molecule has 0 saturated carbocycles. The molecule has 1 atom stereocenters. The molecule has 0 aromatic carbocycles. The van der Waals surface area contributed by atoms with Crippen LogP contribution in [-0.4, -0.2) is 38.5 Å². The Kier molecular flexibility index (Phi) is 5.47. The lowest BCUT2D eigenvalue weighted by molar-refractivity contribution is -0.136. The lowest BCUT2D eigenvalue weighted by atomic mass is 9.91. The number of methoxy groups -OCH3 is 2. The van der Waals surface area contributed by atoms with Crippen molar-refractivity contribution in [2.24, 2.45) is 4.99 Å². The number of allylic oxidation sites excluding steroid dienone is 11. The molecular weight excluding hydrogens is 364 g/mol. The average molecular weight is 388 g/mol. The third-order valence-electron chi connectivity index (χ3n) is 5.20. The van der Waals surface area contributed by atoms with Crippen molar-refractivity contribution in [3.05, 3.63) is 94.5 Å². The minimum absolute atomic E-state index is 0.0788. The van der Waals surface area contributed by atoms with Gasteiger partial charge in [-0.15, -0.1) is 0 Å². The summed E-state index contributed by atoms with van der Waals surface area (Å²) in [6, 6.07) is 0.0788. The first kappa shape index (κ1) is 19.0. The van der Waals surface area contributed by atoms with Gasteiger partial charge in [0.15, 0.2) is 0 Å². The lowest BCUT2D eigenvalue weighted by Crippen LogP contribution is -2.33. The zero-order valence-electron chi connectivity index (χ0n) is 16.6. The Balaban J connectivity index is 1.80. The van der Waals surface area contributed by atoms with Crippen molar-refractivity contribution in [3.63, 3.8) is 0 Å². The van der Waals surface area contributed by atoms with Gasteiger partial charge in [-0.1, -0.05) is 48.6 Å². The molecule has 2 bridgehead atoms. The monoisotopic (exact) mass is 388 g/mol. The maximum Gasteiger partial charge on any atom is 0.335 e. The Morgan fingerprint density at radius 3 is 2.90 bits per heavy atom. The van der Waals surface area contributed by atoms with Crippen LogP contribution in [0.1, 0.15) is 12.8 Å². The number of dihydropyridines is 1. The van der Waals surface area contributed by atoms with Crippen molar-refractivity contribution in [2.75, 3.05) is 20.8 Å². The highest BCUT2D eigenvalue weighted by Crippen LogP contribution is 2.31. The van der Waals surface area contributed by atoms with Gasteiger partial charge in [-0.3, -0.25) is 4.99 Å². The number of fused-ring (bicyclic) bond motifs is 2. The molecule has 4 aliphatic rings. The third-order valence-corrected chi connectivity index (χ3v) is 5.20. The van der Waals surface area contributed by atoms with Gasteiger partial charge < -0.3 is 14.8 Å². The molecule has 2 aliphatic heterocycles. The second-order valence-corrected chi connectivity index (χ2v) is 7.03. The van der Waals surface area contributed by atoms with E-state index in [0.717, 1.165) is 46.7 Å². The third kappa shape index (κ3) is 3.94. The Hall–Kier alpha value is -3.34. The van der Waals surface area contributed by atoms with Crippen LogP contribution in [0.15, 0.2) is 99.5 Å². The number of carbonyl (C=O) groups is 1. The van der Waals surface area contributed by atoms with Gasteiger partial charge in [-0.05, 0) is 29.7 Å². The van der Waals surface area contributed by atoms with E-state index in [1.807, 2.05) is 18.2 Å². The van der Waals surface area contributed by atoms with Crippen LogP contribution in [-0.2, 0) is 14.3 Å². The van der Waals surface area contributed by atoms with Crippen molar-refractivity contribution in [1.82, 2.24) is 5.32 Å². The van der Waals surface area contributed by atoms with E-state index in [0.29, 0.717) is 5.57 Å². The molecule has 0 amide bonds. The zero-order valence-corrected chi connectivity index (χ0v) is 16.6. The van der Waals surface area contributed by atoms with Crippen LogP contribution >= 0.6 is 0 Å². The van der Waals surface area contributed by atoms with E-state index in [4.69, 9.17) is 14.5 Å². The summed E-state index contributed by atoms with van der Waals surface area (Å²) in [5.41, 5.74) is 5.40. The molecule has 1 N–H and O–H groups in total. The molecule has 29 heavy (non-hydrogen) atoms. The highest BCUT2D eigenvalue weighted by Gasteiger charge is 2.27. The number of ether oxygens (including phenoxy) is 2. The number of carbonyl (C=O) groups excluding carboxylic acids is 1. The summed E-state index contributed by atoms with van der Waals surface area (Å²) in [7, 11) is 3.10. The first-order chi connectivity index (χ1) is 14.2. The molecule has 1 unspecified atom stereocenters. The fraction of sp³-hybridized carbons (Fsp3) is 0.250. The summed E-state index contributed by atoms with van der Waals surface area (Å²) < 4.78 is 10.4. The van der Waals surface area contributed by atoms with E-state index in [1.54, 1.807) is 7.11 Å². The summed E-state index contributed by atoms with van der Waals surface area (Å²) in [6.07, 6.45) is 22.2. The van der Waals surface area contributed by atoms with Crippen LogP contribution in [0.3, 0.4) is 0 Å². The van der Waals surface area contributed by atoms with Crippen LogP contribution in [0.5, 0.6) is 0 Å². The van der Waals surface area contributed by atoms with E-state index in [9.17, 15) is 4.79 Å². The van der Waals surface area contributed by atoms with E-state index in [-0.39, 0.29) is 18.6 Å². The molecule has 5 heteroatoms. The fourth-order valence-corrected chi connectivity index (χ4v) is 3.72. The number of rotatable bonds is 3. The number of hydrogen-bond acceptors (Lipinski definition) is 5. The van der Waals surface area contributed by atoms with Crippen LogP contribution in [0.4, 0.5) is 0 Å². The highest BCUT2D eigenvalue weighted by molar-refractivity contribution is 6.16. The first-order valence-electron chi connectivity index (χ1n) is 9.71. The Morgan fingerprint density at radius 2 is 2.07 bits per heavy atom. The first-order valence-corrected chi connectivity index (χ1v) is 9.71. The minimum atomic E-state index is -0.352. The second-order valence-electron chi connectivity index (χ2n) is 7.03. The Morgan fingerprint density at radius 1 is 1.17 bits per heavy atom. The van der Waals surface area contributed by atoms with E-state index in [2.05, 4.69) is 47.8 Å². The van der Waals surface area contributed by atoms with Crippen molar-refractivity contribution in [2.45, 2.75) is 18.9 Å².